The highest BCUT2D eigenvalue weighted by atomic mass is 32.2. The van der Waals surface area contributed by atoms with Crippen molar-refractivity contribution in [1.29, 1.82) is 0 Å². The van der Waals surface area contributed by atoms with Gasteiger partial charge >= 0.3 is 0 Å². The lowest BCUT2D eigenvalue weighted by Crippen LogP contribution is -2.37. The SMILES string of the molecule is Cc1cccc(S(=O)(=O)c2ccc3nc(N/N=C/c4ccccc4)nc(N4CCOCC4)c3c2)c1. The van der Waals surface area contributed by atoms with Crippen molar-refractivity contribution in [3.8, 4) is 0 Å². The van der Waals surface area contributed by atoms with Crippen LogP contribution < -0.4 is 10.3 Å². The first kappa shape index (κ1) is 22.9. The number of hydrogen-bond acceptors (Lipinski definition) is 8. The Kier molecular flexibility index (Phi) is 6.43. The van der Waals surface area contributed by atoms with E-state index in [4.69, 9.17) is 9.72 Å². The van der Waals surface area contributed by atoms with E-state index >= 15 is 0 Å². The third-order valence-corrected chi connectivity index (χ3v) is 7.49. The average molecular weight is 488 g/mol. The maximum absolute atomic E-state index is 13.4. The van der Waals surface area contributed by atoms with Crippen molar-refractivity contribution >= 4 is 38.7 Å². The van der Waals surface area contributed by atoms with E-state index in [9.17, 15) is 8.42 Å². The van der Waals surface area contributed by atoms with Gasteiger partial charge in [-0.05, 0) is 48.4 Å². The van der Waals surface area contributed by atoms with Gasteiger partial charge in [0, 0.05) is 18.5 Å². The van der Waals surface area contributed by atoms with Gasteiger partial charge in [-0.15, -0.1) is 0 Å². The first-order valence-corrected chi connectivity index (χ1v) is 12.8. The molecule has 0 unspecified atom stereocenters. The maximum atomic E-state index is 13.4. The van der Waals surface area contributed by atoms with Gasteiger partial charge in [0.25, 0.3) is 0 Å². The van der Waals surface area contributed by atoms with Crippen molar-refractivity contribution in [3.05, 3.63) is 83.9 Å². The molecule has 1 aliphatic heterocycles. The van der Waals surface area contributed by atoms with Crippen LogP contribution in [-0.2, 0) is 14.6 Å². The number of morpholine rings is 1. The van der Waals surface area contributed by atoms with Gasteiger partial charge in [0.05, 0.1) is 34.7 Å². The van der Waals surface area contributed by atoms with Gasteiger partial charge in [-0.1, -0.05) is 42.5 Å². The number of hydrogen-bond donors (Lipinski definition) is 1. The molecule has 4 aromatic rings. The van der Waals surface area contributed by atoms with Gasteiger partial charge in [-0.3, -0.25) is 0 Å². The molecule has 0 aliphatic carbocycles. The number of rotatable bonds is 6. The summed E-state index contributed by atoms with van der Waals surface area (Å²) in [6.07, 6.45) is 1.69. The number of anilines is 2. The Morgan fingerprint density at radius 3 is 2.49 bits per heavy atom. The molecule has 1 N–H and O–H groups in total. The summed E-state index contributed by atoms with van der Waals surface area (Å²) in [6.45, 7) is 4.31. The number of nitrogens with one attached hydrogen (secondary N) is 1. The van der Waals surface area contributed by atoms with Gasteiger partial charge < -0.3 is 9.64 Å². The summed E-state index contributed by atoms with van der Waals surface area (Å²) in [5.74, 6) is 0.984. The molecule has 3 aromatic carbocycles. The molecule has 35 heavy (non-hydrogen) atoms. The van der Waals surface area contributed by atoms with Crippen molar-refractivity contribution in [1.82, 2.24) is 9.97 Å². The second-order valence-corrected chi connectivity index (χ2v) is 10.2. The predicted octanol–water partition coefficient (Wildman–Crippen LogP) is 4.05. The van der Waals surface area contributed by atoms with Gasteiger partial charge in [0.15, 0.2) is 0 Å². The van der Waals surface area contributed by atoms with Gasteiger partial charge in [0.2, 0.25) is 15.8 Å². The quantitative estimate of drug-likeness (QED) is 0.324. The molecule has 8 nitrogen and oxygen atoms in total. The number of hydrazone groups is 1. The molecule has 2 heterocycles. The molecule has 0 spiro atoms. The number of sulfone groups is 1. The number of aryl methyl sites for hydroxylation is 1. The fraction of sp³-hybridized carbons (Fsp3) is 0.192. The molecule has 0 bridgehead atoms. The van der Waals surface area contributed by atoms with Gasteiger partial charge in [0.1, 0.15) is 5.82 Å². The standard InChI is InChI=1S/C26H25N5O3S/c1-19-6-5-9-21(16-19)35(32,33)22-10-11-24-23(17-22)25(31-12-14-34-15-13-31)29-26(28-24)30-27-18-20-7-3-2-4-8-20/h2-11,16-18H,12-15H2,1H3,(H,28,29,30)/b27-18+. The lowest BCUT2D eigenvalue weighted by atomic mass is 10.2. The molecular weight excluding hydrogens is 462 g/mol. The summed E-state index contributed by atoms with van der Waals surface area (Å²) in [7, 11) is -3.69. The molecule has 1 aliphatic rings. The molecule has 1 fully saturated rings. The van der Waals surface area contributed by atoms with Crippen LogP contribution in [0.4, 0.5) is 11.8 Å². The summed E-state index contributed by atoms with van der Waals surface area (Å²) in [6, 6.07) is 21.6. The Balaban J connectivity index is 1.55. The van der Waals surface area contributed by atoms with Gasteiger partial charge in [-0.2, -0.15) is 10.1 Å². The van der Waals surface area contributed by atoms with Crippen LogP contribution in [0, 0.1) is 6.92 Å². The van der Waals surface area contributed by atoms with Crippen LogP contribution >= 0.6 is 0 Å². The lowest BCUT2D eigenvalue weighted by Gasteiger charge is -2.29. The van der Waals surface area contributed by atoms with Crippen molar-refractivity contribution in [2.75, 3.05) is 36.6 Å². The van der Waals surface area contributed by atoms with Crippen molar-refractivity contribution in [3.63, 3.8) is 0 Å². The minimum absolute atomic E-state index is 0.205. The summed E-state index contributed by atoms with van der Waals surface area (Å²) in [5, 5.41) is 4.94. The first-order chi connectivity index (χ1) is 17.0. The zero-order chi connectivity index (χ0) is 24.3. The van der Waals surface area contributed by atoms with E-state index in [0.717, 1.165) is 11.1 Å². The van der Waals surface area contributed by atoms with E-state index in [1.165, 1.54) is 0 Å². The molecule has 1 saturated heterocycles. The molecule has 1 aromatic heterocycles. The lowest BCUT2D eigenvalue weighted by molar-refractivity contribution is 0.122. The second kappa shape index (κ2) is 9.81. The molecule has 0 atom stereocenters. The average Bonchev–Trinajstić information content (AvgIpc) is 2.89. The van der Waals surface area contributed by atoms with Crippen molar-refractivity contribution in [2.24, 2.45) is 5.10 Å². The summed E-state index contributed by atoms with van der Waals surface area (Å²) in [4.78, 5) is 11.8. The zero-order valence-corrected chi connectivity index (χ0v) is 20.1. The maximum Gasteiger partial charge on any atom is 0.246 e. The summed E-state index contributed by atoms with van der Waals surface area (Å²) < 4.78 is 32.2. The monoisotopic (exact) mass is 487 g/mol. The normalized spacial score (nSPS) is 14.5. The fourth-order valence-corrected chi connectivity index (χ4v) is 5.34. The fourth-order valence-electron chi connectivity index (χ4n) is 3.95. The van der Waals surface area contributed by atoms with Crippen LogP contribution in [-0.4, -0.2) is 50.9 Å². The molecule has 0 amide bonds. The Morgan fingerprint density at radius 2 is 1.71 bits per heavy atom. The van der Waals surface area contributed by atoms with Crippen LogP contribution in [0.5, 0.6) is 0 Å². The number of nitrogens with zero attached hydrogens (tertiary/aromatic N) is 4. The minimum atomic E-state index is -3.69. The minimum Gasteiger partial charge on any atom is -0.378 e. The molecule has 5 rings (SSSR count). The number of fused-ring (bicyclic) bond motifs is 1. The van der Waals surface area contributed by atoms with Crippen LogP contribution in [0.15, 0.2) is 87.7 Å². The zero-order valence-electron chi connectivity index (χ0n) is 19.3. The van der Waals surface area contributed by atoms with Crippen LogP contribution in [0.2, 0.25) is 0 Å². The van der Waals surface area contributed by atoms with E-state index < -0.39 is 9.84 Å². The number of aromatic nitrogens is 2. The van der Waals surface area contributed by atoms with Crippen LogP contribution in [0.3, 0.4) is 0 Å². The molecule has 0 saturated carbocycles. The predicted molar refractivity (Wildman–Crippen MR) is 137 cm³/mol. The van der Waals surface area contributed by atoms with E-state index in [1.807, 2.05) is 43.3 Å². The Hall–Kier alpha value is -3.82. The number of ether oxygens (including phenoxy) is 1. The van der Waals surface area contributed by atoms with Gasteiger partial charge in [-0.25, -0.2) is 18.8 Å². The van der Waals surface area contributed by atoms with Crippen molar-refractivity contribution < 1.29 is 13.2 Å². The Bertz CT molecular complexity index is 1480. The molecule has 178 valence electrons. The topological polar surface area (TPSA) is 96.8 Å². The smallest absolute Gasteiger partial charge is 0.246 e. The third kappa shape index (κ3) is 5.01. The third-order valence-electron chi connectivity index (χ3n) is 5.75. The number of benzene rings is 3. The Labute approximate surface area is 204 Å². The molecular formula is C26H25N5O3S. The highest BCUT2D eigenvalue weighted by Crippen LogP contribution is 2.31. The van der Waals surface area contributed by atoms with E-state index in [0.29, 0.717) is 49.0 Å². The second-order valence-electron chi connectivity index (χ2n) is 8.25. The van der Waals surface area contributed by atoms with Crippen molar-refractivity contribution in [2.45, 2.75) is 16.7 Å². The summed E-state index contributed by atoms with van der Waals surface area (Å²) in [5.41, 5.74) is 5.37. The van der Waals surface area contributed by atoms with E-state index in [2.05, 4.69) is 20.4 Å². The van der Waals surface area contributed by atoms with Crippen LogP contribution in [0.1, 0.15) is 11.1 Å². The highest BCUT2D eigenvalue weighted by Gasteiger charge is 2.22. The Morgan fingerprint density at radius 1 is 0.943 bits per heavy atom. The highest BCUT2D eigenvalue weighted by molar-refractivity contribution is 7.91. The first-order valence-electron chi connectivity index (χ1n) is 11.3. The largest absolute Gasteiger partial charge is 0.378 e. The van der Waals surface area contributed by atoms with E-state index in [-0.39, 0.29) is 9.79 Å². The molecule has 0 radical (unpaired) electrons. The summed E-state index contributed by atoms with van der Waals surface area (Å²) >= 11 is 0. The van der Waals surface area contributed by atoms with E-state index in [1.54, 1.807) is 42.6 Å². The van der Waals surface area contributed by atoms with Crippen LogP contribution in [0.25, 0.3) is 10.9 Å². The molecule has 9 heteroatoms.